The minimum Gasteiger partial charge on any atom is -0.319 e. The van der Waals surface area contributed by atoms with Gasteiger partial charge in [0.15, 0.2) is 0 Å². The zero-order valence-corrected chi connectivity index (χ0v) is 4.05. The molecule has 0 fully saturated rings. The molecule has 0 radical (unpaired) electrons. The molecule has 0 rings (SSSR count). The van der Waals surface area contributed by atoms with Crippen LogP contribution in [0.1, 0.15) is 13.3 Å². The highest BCUT2D eigenvalue weighted by molar-refractivity contribution is 7.75. The van der Waals surface area contributed by atoms with Crippen LogP contribution in [0.3, 0.4) is 0 Å². The van der Waals surface area contributed by atoms with Gasteiger partial charge >= 0.3 is 0 Å². The Morgan fingerprint density at radius 2 is 3.00 bits per heavy atom. The SMILES string of the molecule is [3H]SOCCC. The van der Waals surface area contributed by atoms with Gasteiger partial charge in [0.1, 0.15) is 1.12 Å². The Kier molecular flexibility index (Phi) is 3.02. The van der Waals surface area contributed by atoms with E-state index in [2.05, 4.69) is 4.18 Å². The van der Waals surface area contributed by atoms with Gasteiger partial charge in [-0.25, -0.2) is 0 Å². The summed E-state index contributed by atoms with van der Waals surface area (Å²) in [7, 11) is 0. The zero-order chi connectivity index (χ0) is 4.83. The van der Waals surface area contributed by atoms with Crippen LogP contribution in [0.15, 0.2) is 0 Å². The third-order valence-corrected chi connectivity index (χ3v) is 0.454. The van der Waals surface area contributed by atoms with Crippen molar-refractivity contribution < 1.29 is 4.18 Å². The summed E-state index contributed by atoms with van der Waals surface area (Å²) >= 11 is 0.676. The predicted molar refractivity (Wildman–Crippen MR) is 25.2 cm³/mol. The van der Waals surface area contributed by atoms with Crippen molar-refractivity contribution in [1.29, 1.82) is 1.12 Å². The number of hydrogen-bond donors (Lipinski definition) is 1. The summed E-state index contributed by atoms with van der Waals surface area (Å²) in [6.07, 6.45) is 0.992. The van der Waals surface area contributed by atoms with Gasteiger partial charge < -0.3 is 4.18 Å². The highest BCUT2D eigenvalue weighted by Gasteiger charge is 1.67. The quantitative estimate of drug-likeness (QED) is 0.314. The van der Waals surface area contributed by atoms with Crippen molar-refractivity contribution in [2.75, 3.05) is 6.61 Å². The monoisotopic (exact) mass is 94.0 g/mol. The summed E-state index contributed by atoms with van der Waals surface area (Å²) < 4.78 is 11.0. The van der Waals surface area contributed by atoms with Crippen LogP contribution >= 0.6 is 12.8 Å². The van der Waals surface area contributed by atoms with E-state index in [1.165, 1.54) is 0 Å². The van der Waals surface area contributed by atoms with Gasteiger partial charge in [-0.3, -0.25) is 0 Å². The molecular weight excluding hydrogens is 84.1 g/mol. The van der Waals surface area contributed by atoms with E-state index < -0.39 is 0 Å². The second kappa shape index (κ2) is 4.31. The number of hydrogen-bond acceptors (Lipinski definition) is 2. The summed E-state index contributed by atoms with van der Waals surface area (Å²) in [5, 5.41) is 0. The molecule has 0 atom stereocenters. The summed E-state index contributed by atoms with van der Waals surface area (Å²) in [5.74, 6) is 0. The molecule has 0 aliphatic heterocycles. The molecule has 0 aromatic rings. The number of rotatable bonds is 3. The van der Waals surface area contributed by atoms with Gasteiger partial charge in [-0.1, -0.05) is 6.92 Å². The maximum atomic E-state index is 6.40. The van der Waals surface area contributed by atoms with E-state index in [1.807, 2.05) is 6.92 Å². The van der Waals surface area contributed by atoms with Gasteiger partial charge in [0.25, 0.3) is 0 Å². The topological polar surface area (TPSA) is 9.23 Å². The molecule has 0 bridgehead atoms. The largest absolute Gasteiger partial charge is 0.319 e. The van der Waals surface area contributed by atoms with Crippen molar-refractivity contribution in [3.05, 3.63) is 0 Å². The average molecular weight is 94.2 g/mol. The first-order valence-corrected chi connectivity index (χ1v) is 2.00. The molecule has 32 valence electrons. The first kappa shape index (κ1) is 3.50. The molecule has 0 aromatic carbocycles. The molecule has 0 saturated heterocycles. The first-order chi connectivity index (χ1) is 2.91. The minimum absolute atomic E-state index is 0.676. The van der Waals surface area contributed by atoms with Gasteiger partial charge in [0, 0.05) is 0 Å². The van der Waals surface area contributed by atoms with Crippen LogP contribution in [0.5, 0.6) is 0 Å². The molecule has 0 spiro atoms. The van der Waals surface area contributed by atoms with Crippen LogP contribution in [0, 0.1) is 0 Å². The fraction of sp³-hybridized carbons (Fsp3) is 1.00. The minimum atomic E-state index is 0.676. The van der Waals surface area contributed by atoms with Crippen molar-refractivity contribution in [3.63, 3.8) is 0 Å². The molecule has 0 unspecified atom stereocenters. The summed E-state index contributed by atoms with van der Waals surface area (Å²) in [4.78, 5) is 0. The maximum absolute atomic E-state index is 6.40. The van der Waals surface area contributed by atoms with E-state index in [9.17, 15) is 0 Å². The first-order valence-electron chi connectivity index (χ1n) is 2.07. The Morgan fingerprint density at radius 3 is 3.20 bits per heavy atom. The highest BCUT2D eigenvalue weighted by Crippen LogP contribution is 1.79. The predicted octanol–water partition coefficient (Wildman–Crippen LogP) is 1.26. The lowest BCUT2D eigenvalue weighted by atomic mass is 10.5. The molecule has 1 nitrogen and oxygen atoms in total. The van der Waals surface area contributed by atoms with Crippen LogP contribution in [0.4, 0.5) is 0 Å². The van der Waals surface area contributed by atoms with Crippen molar-refractivity contribution >= 4 is 12.8 Å². The fourth-order valence-corrected chi connectivity index (χ4v) is 0.250. The van der Waals surface area contributed by atoms with Crippen molar-refractivity contribution in [2.24, 2.45) is 0 Å². The van der Waals surface area contributed by atoms with E-state index in [-0.39, 0.29) is 0 Å². The van der Waals surface area contributed by atoms with E-state index in [0.29, 0.717) is 19.4 Å². The maximum Gasteiger partial charge on any atom is 0.135 e. The summed E-state index contributed by atoms with van der Waals surface area (Å²) in [6, 6.07) is 0. The second-order valence-corrected chi connectivity index (χ2v) is 1.06. The molecule has 0 aromatic heterocycles. The van der Waals surface area contributed by atoms with Crippen molar-refractivity contribution in [3.8, 4) is 0 Å². The molecular formula is C3H8OS. The summed E-state index contributed by atoms with van der Waals surface area (Å²) in [5.41, 5.74) is 0. The number of thiol groups is 1. The van der Waals surface area contributed by atoms with Crippen LogP contribution in [-0.4, -0.2) is 7.73 Å². The van der Waals surface area contributed by atoms with E-state index in [4.69, 9.17) is 1.12 Å². The van der Waals surface area contributed by atoms with E-state index >= 15 is 0 Å². The van der Waals surface area contributed by atoms with Gasteiger partial charge in [-0.15, -0.1) is 0 Å². The standard InChI is InChI=1S/C3H8OS/c1-2-3-4-5/h5H,2-3H2,1H3/i/hT. The molecule has 2 heteroatoms. The molecule has 0 N–H and O–H groups in total. The summed E-state index contributed by atoms with van der Waals surface area (Å²) in [6.45, 7) is 2.70. The van der Waals surface area contributed by atoms with Crippen LogP contribution in [0.2, 0.25) is 0 Å². The molecule has 0 aliphatic rings. The van der Waals surface area contributed by atoms with Crippen LogP contribution in [0.25, 0.3) is 0 Å². The molecule has 0 amide bonds. The lowest BCUT2D eigenvalue weighted by Crippen LogP contribution is -1.74. The Labute approximate surface area is 39.0 Å². The molecule has 0 heterocycles. The van der Waals surface area contributed by atoms with Gasteiger partial charge in [0.05, 0.1) is 6.61 Å². The third-order valence-electron chi connectivity index (χ3n) is 0.287. The fourth-order valence-electron chi connectivity index (χ4n) is 0.0833. The molecule has 0 saturated carbocycles. The van der Waals surface area contributed by atoms with E-state index in [0.717, 1.165) is 6.42 Å². The smallest absolute Gasteiger partial charge is 0.135 e. The van der Waals surface area contributed by atoms with Crippen molar-refractivity contribution in [2.45, 2.75) is 13.3 Å². The molecule has 0 aliphatic carbocycles. The van der Waals surface area contributed by atoms with Crippen LogP contribution in [-0.2, 0) is 4.18 Å². The highest BCUT2D eigenvalue weighted by atomic mass is 32.1. The van der Waals surface area contributed by atoms with Crippen molar-refractivity contribution in [1.82, 2.24) is 0 Å². The normalized spacial score (nSPS) is 11.0. The Balaban J connectivity index is 2.34. The zero-order valence-electron chi connectivity index (χ0n) is 4.23. The van der Waals surface area contributed by atoms with Gasteiger partial charge in [-0.05, 0) is 19.2 Å². The van der Waals surface area contributed by atoms with Gasteiger partial charge in [0.2, 0.25) is 0 Å². The Bertz CT molecular complexity index is 22.8. The Hall–Kier alpha value is 0.310. The Morgan fingerprint density at radius 1 is 2.20 bits per heavy atom. The van der Waals surface area contributed by atoms with E-state index in [1.54, 1.807) is 0 Å². The lowest BCUT2D eigenvalue weighted by Gasteiger charge is -1.82. The molecule has 5 heavy (non-hydrogen) atoms. The van der Waals surface area contributed by atoms with Gasteiger partial charge in [-0.2, -0.15) is 0 Å². The van der Waals surface area contributed by atoms with Crippen LogP contribution < -0.4 is 0 Å². The average Bonchev–Trinajstić information content (AvgIpc) is 1.61. The second-order valence-electron chi connectivity index (χ2n) is 0.822. The third kappa shape index (κ3) is 4.31. The lowest BCUT2D eigenvalue weighted by molar-refractivity contribution is 0.381.